The minimum absolute atomic E-state index is 0.0167. The Morgan fingerprint density at radius 1 is 0.900 bits per heavy atom. The second kappa shape index (κ2) is 14.0. The summed E-state index contributed by atoms with van der Waals surface area (Å²) >= 11 is 12.5. The van der Waals surface area contributed by atoms with E-state index in [-0.39, 0.29) is 40.5 Å². The van der Waals surface area contributed by atoms with Crippen molar-refractivity contribution in [3.63, 3.8) is 0 Å². The maximum Gasteiger partial charge on any atom is 0.244 e. The molecule has 0 saturated heterocycles. The van der Waals surface area contributed by atoms with Crippen LogP contribution in [0.4, 0.5) is 5.69 Å². The molecule has 1 atom stereocenters. The zero-order valence-corrected chi connectivity index (χ0v) is 25.4. The Kier molecular flexibility index (Phi) is 11.0. The number of halogens is 2. The summed E-state index contributed by atoms with van der Waals surface area (Å²) in [6.07, 6.45) is 1.25. The first-order valence-corrected chi connectivity index (χ1v) is 15.6. The van der Waals surface area contributed by atoms with Crippen molar-refractivity contribution >= 4 is 50.7 Å². The van der Waals surface area contributed by atoms with Crippen molar-refractivity contribution in [1.82, 2.24) is 10.2 Å². The molecule has 0 bridgehead atoms. The van der Waals surface area contributed by atoms with E-state index in [0.717, 1.165) is 27.3 Å². The molecule has 0 aromatic heterocycles. The summed E-state index contributed by atoms with van der Waals surface area (Å²) in [6.45, 7) is 5.91. The number of nitrogens with zero attached hydrogens (tertiary/aromatic N) is 2. The van der Waals surface area contributed by atoms with Gasteiger partial charge in [0.15, 0.2) is 0 Å². The van der Waals surface area contributed by atoms with E-state index in [9.17, 15) is 18.0 Å². The number of nitrogens with one attached hydrogen (secondary N) is 1. The van der Waals surface area contributed by atoms with E-state index in [4.69, 9.17) is 23.2 Å². The molecule has 7 nitrogen and oxygen atoms in total. The van der Waals surface area contributed by atoms with Crippen molar-refractivity contribution in [3.8, 4) is 0 Å². The normalized spacial score (nSPS) is 12.2. The number of anilines is 1. The molecule has 214 valence electrons. The summed E-state index contributed by atoms with van der Waals surface area (Å²) in [5.41, 5.74) is 2.81. The van der Waals surface area contributed by atoms with Gasteiger partial charge < -0.3 is 10.2 Å². The minimum Gasteiger partial charge on any atom is -0.354 e. The van der Waals surface area contributed by atoms with Crippen LogP contribution in [-0.4, -0.2) is 50.5 Å². The van der Waals surface area contributed by atoms with Gasteiger partial charge in [-0.1, -0.05) is 103 Å². The van der Waals surface area contributed by atoms with Crippen LogP contribution in [0.2, 0.25) is 10.0 Å². The van der Waals surface area contributed by atoms with Crippen LogP contribution in [0.5, 0.6) is 0 Å². The van der Waals surface area contributed by atoms with Gasteiger partial charge in [-0.15, -0.1) is 0 Å². The second-order valence-corrected chi connectivity index (χ2v) is 12.9. The molecule has 0 aliphatic heterocycles. The summed E-state index contributed by atoms with van der Waals surface area (Å²) in [7, 11) is -3.95. The van der Waals surface area contributed by atoms with Gasteiger partial charge in [0.05, 0.1) is 22.0 Å². The molecule has 3 aromatic rings. The fourth-order valence-corrected chi connectivity index (χ4v) is 5.45. The molecule has 3 aromatic carbocycles. The SMILES string of the molecule is Cc1ccc(CN(C(=O)CN(c2cccc(Cl)c2Cl)S(C)(=O)=O)[C@H](Cc2ccccc2)C(=O)NCC(C)C)cc1. The molecule has 0 spiro atoms. The molecule has 40 heavy (non-hydrogen) atoms. The van der Waals surface area contributed by atoms with Gasteiger partial charge in [0.2, 0.25) is 21.8 Å². The third-order valence-corrected chi connectivity index (χ3v) is 8.24. The topological polar surface area (TPSA) is 86.8 Å². The summed E-state index contributed by atoms with van der Waals surface area (Å²) in [6, 6.07) is 20.7. The first-order valence-electron chi connectivity index (χ1n) is 12.9. The van der Waals surface area contributed by atoms with Crippen LogP contribution in [0.3, 0.4) is 0 Å². The summed E-state index contributed by atoms with van der Waals surface area (Å²) in [5.74, 6) is -0.666. The highest BCUT2D eigenvalue weighted by molar-refractivity contribution is 7.92. The van der Waals surface area contributed by atoms with E-state index < -0.39 is 28.5 Å². The highest BCUT2D eigenvalue weighted by Gasteiger charge is 2.33. The summed E-state index contributed by atoms with van der Waals surface area (Å²) < 4.78 is 26.7. The monoisotopic (exact) mass is 603 g/mol. The Balaban J connectivity index is 2.07. The van der Waals surface area contributed by atoms with Gasteiger partial charge in [-0.2, -0.15) is 0 Å². The zero-order chi connectivity index (χ0) is 29.4. The zero-order valence-electron chi connectivity index (χ0n) is 23.1. The van der Waals surface area contributed by atoms with Gasteiger partial charge in [0.1, 0.15) is 12.6 Å². The first-order chi connectivity index (χ1) is 18.9. The number of amides is 2. The van der Waals surface area contributed by atoms with Crippen LogP contribution in [0.25, 0.3) is 0 Å². The molecule has 0 radical (unpaired) electrons. The van der Waals surface area contributed by atoms with Crippen LogP contribution >= 0.6 is 23.2 Å². The molecule has 0 aliphatic carbocycles. The Hall–Kier alpha value is -3.07. The van der Waals surface area contributed by atoms with E-state index in [1.54, 1.807) is 6.07 Å². The van der Waals surface area contributed by atoms with E-state index in [2.05, 4.69) is 5.32 Å². The quantitative estimate of drug-likeness (QED) is 0.297. The fraction of sp³-hybridized carbons (Fsp3) is 0.333. The molecule has 3 rings (SSSR count). The fourth-order valence-electron chi connectivity index (χ4n) is 4.15. The lowest BCUT2D eigenvalue weighted by Crippen LogP contribution is -2.53. The Bertz CT molecular complexity index is 1410. The number of hydrogen-bond acceptors (Lipinski definition) is 4. The Morgan fingerprint density at radius 3 is 2.15 bits per heavy atom. The molecule has 0 unspecified atom stereocenters. The second-order valence-electron chi connectivity index (χ2n) is 10.2. The van der Waals surface area contributed by atoms with Crippen LogP contribution in [0.1, 0.15) is 30.5 Å². The predicted octanol–water partition coefficient (Wildman–Crippen LogP) is 5.48. The molecule has 0 fully saturated rings. The van der Waals surface area contributed by atoms with Crippen molar-refractivity contribution in [3.05, 3.63) is 99.5 Å². The number of aryl methyl sites for hydroxylation is 1. The smallest absolute Gasteiger partial charge is 0.244 e. The molecular formula is C30H35Cl2N3O4S. The largest absolute Gasteiger partial charge is 0.354 e. The standard InChI is InChI=1S/C30H35Cl2N3O4S/c1-21(2)18-33-30(37)27(17-23-9-6-5-7-10-23)34(19-24-15-13-22(3)14-16-24)28(36)20-35(40(4,38)39)26-12-8-11-25(31)29(26)32/h5-16,21,27H,17-20H2,1-4H3,(H,33,37)/t27-/m1/s1. The van der Waals surface area contributed by atoms with Crippen molar-refractivity contribution in [1.29, 1.82) is 0 Å². The number of sulfonamides is 1. The maximum atomic E-state index is 14.1. The highest BCUT2D eigenvalue weighted by Crippen LogP contribution is 2.33. The summed E-state index contributed by atoms with van der Waals surface area (Å²) in [4.78, 5) is 29.1. The number of rotatable bonds is 12. The molecule has 10 heteroatoms. The predicted molar refractivity (Wildman–Crippen MR) is 162 cm³/mol. The molecular weight excluding hydrogens is 569 g/mol. The first kappa shape index (κ1) is 31.5. The molecule has 1 N–H and O–H groups in total. The maximum absolute atomic E-state index is 14.1. The van der Waals surface area contributed by atoms with Crippen molar-refractivity contribution in [2.75, 3.05) is 23.7 Å². The van der Waals surface area contributed by atoms with Crippen LogP contribution in [-0.2, 0) is 32.6 Å². The number of benzene rings is 3. The van der Waals surface area contributed by atoms with E-state index in [0.29, 0.717) is 6.54 Å². The van der Waals surface area contributed by atoms with Crippen molar-refractivity contribution in [2.24, 2.45) is 5.92 Å². The summed E-state index contributed by atoms with van der Waals surface area (Å²) in [5, 5.41) is 3.14. The number of carbonyl (C=O) groups is 2. The average molecular weight is 605 g/mol. The lowest BCUT2D eigenvalue weighted by atomic mass is 10.0. The lowest BCUT2D eigenvalue weighted by Gasteiger charge is -2.34. The van der Waals surface area contributed by atoms with Crippen LogP contribution < -0.4 is 9.62 Å². The Morgan fingerprint density at radius 2 is 1.55 bits per heavy atom. The molecule has 0 heterocycles. The number of hydrogen-bond donors (Lipinski definition) is 1. The van der Waals surface area contributed by atoms with Crippen LogP contribution in [0.15, 0.2) is 72.8 Å². The van der Waals surface area contributed by atoms with Crippen molar-refractivity contribution in [2.45, 2.75) is 39.8 Å². The van der Waals surface area contributed by atoms with E-state index in [1.807, 2.05) is 75.4 Å². The van der Waals surface area contributed by atoms with Gasteiger partial charge in [-0.3, -0.25) is 13.9 Å². The average Bonchev–Trinajstić information content (AvgIpc) is 2.90. The van der Waals surface area contributed by atoms with Crippen molar-refractivity contribution < 1.29 is 18.0 Å². The van der Waals surface area contributed by atoms with Gasteiger partial charge in [-0.25, -0.2) is 8.42 Å². The van der Waals surface area contributed by atoms with Gasteiger partial charge >= 0.3 is 0 Å². The molecule has 0 aliphatic rings. The highest BCUT2D eigenvalue weighted by atomic mass is 35.5. The minimum atomic E-state index is -3.95. The van der Waals surface area contributed by atoms with Crippen LogP contribution in [0, 0.1) is 12.8 Å². The van der Waals surface area contributed by atoms with E-state index >= 15 is 0 Å². The van der Waals surface area contributed by atoms with Gasteiger partial charge in [0.25, 0.3) is 0 Å². The van der Waals surface area contributed by atoms with Gasteiger partial charge in [-0.05, 0) is 36.1 Å². The third-order valence-electron chi connectivity index (χ3n) is 6.31. The molecule has 0 saturated carbocycles. The Labute approximate surface area is 247 Å². The molecule has 2 amide bonds. The van der Waals surface area contributed by atoms with Gasteiger partial charge in [0, 0.05) is 19.5 Å². The lowest BCUT2D eigenvalue weighted by molar-refractivity contribution is -0.140. The van der Waals surface area contributed by atoms with E-state index in [1.165, 1.54) is 17.0 Å². The number of carbonyl (C=O) groups excluding carboxylic acids is 2. The third kappa shape index (κ3) is 8.71.